The van der Waals surface area contributed by atoms with Crippen LogP contribution in [0.3, 0.4) is 0 Å². The Morgan fingerprint density at radius 3 is 2.41 bits per heavy atom. The Morgan fingerprint density at radius 2 is 1.82 bits per heavy atom. The minimum Gasteiger partial charge on any atom is -0.348 e. The lowest BCUT2D eigenvalue weighted by Gasteiger charge is -2.44. The molecule has 0 amide bonds. The fourth-order valence-electron chi connectivity index (χ4n) is 3.36. The van der Waals surface area contributed by atoms with Crippen molar-refractivity contribution in [2.75, 3.05) is 18.0 Å². The number of hydrogen-bond acceptors (Lipinski definition) is 3. The van der Waals surface area contributed by atoms with Gasteiger partial charge in [0.1, 0.15) is 4.60 Å². The maximum Gasteiger partial charge on any atom is 0.186 e. The van der Waals surface area contributed by atoms with E-state index in [1.54, 1.807) is 11.3 Å². The Hall–Kier alpha value is -0.0900. The van der Waals surface area contributed by atoms with Gasteiger partial charge in [-0.25, -0.2) is 4.98 Å². The van der Waals surface area contributed by atoms with E-state index in [2.05, 4.69) is 31.2 Å². The summed E-state index contributed by atoms with van der Waals surface area (Å²) in [4.78, 5) is 7.00. The van der Waals surface area contributed by atoms with Crippen LogP contribution in [0.1, 0.15) is 44.9 Å². The quantitative estimate of drug-likeness (QED) is 0.761. The highest BCUT2D eigenvalue weighted by Crippen LogP contribution is 2.45. The lowest BCUT2D eigenvalue weighted by atomic mass is 9.68. The molecule has 4 heteroatoms. The Bertz CT molecular complexity index is 375. The third kappa shape index (κ3) is 2.53. The zero-order valence-electron chi connectivity index (χ0n) is 10.1. The summed E-state index contributed by atoms with van der Waals surface area (Å²) < 4.78 is 0.982. The van der Waals surface area contributed by atoms with Gasteiger partial charge in [0, 0.05) is 18.5 Å². The SMILES string of the molecule is Brc1csc(N2CCC3(CCCCC3)CC2)n1. The molecule has 3 rings (SSSR count). The number of rotatable bonds is 1. The largest absolute Gasteiger partial charge is 0.348 e. The zero-order valence-corrected chi connectivity index (χ0v) is 12.5. The minimum absolute atomic E-state index is 0.698. The topological polar surface area (TPSA) is 16.1 Å². The molecule has 1 aromatic heterocycles. The first-order chi connectivity index (χ1) is 8.27. The number of thiazole rings is 1. The first-order valence-electron chi connectivity index (χ1n) is 6.63. The summed E-state index contributed by atoms with van der Waals surface area (Å²) in [5, 5.41) is 3.28. The molecule has 0 aromatic carbocycles. The van der Waals surface area contributed by atoms with Crippen LogP contribution < -0.4 is 4.90 Å². The zero-order chi connectivity index (χ0) is 11.7. The van der Waals surface area contributed by atoms with E-state index >= 15 is 0 Å². The molecule has 0 radical (unpaired) electrons. The highest BCUT2D eigenvalue weighted by Gasteiger charge is 2.35. The van der Waals surface area contributed by atoms with Crippen LogP contribution in [0.4, 0.5) is 5.13 Å². The predicted octanol–water partition coefficient (Wildman–Crippen LogP) is 4.46. The molecule has 2 aliphatic rings. The van der Waals surface area contributed by atoms with E-state index in [-0.39, 0.29) is 0 Å². The molecule has 1 aliphatic heterocycles. The van der Waals surface area contributed by atoms with E-state index in [1.165, 1.54) is 63.2 Å². The summed E-state index contributed by atoms with van der Waals surface area (Å²) in [7, 11) is 0. The van der Waals surface area contributed by atoms with Crippen molar-refractivity contribution in [3.8, 4) is 0 Å². The lowest BCUT2D eigenvalue weighted by Crippen LogP contribution is -2.41. The number of aromatic nitrogens is 1. The molecular weight excluding hydrogens is 296 g/mol. The molecule has 0 atom stereocenters. The maximum absolute atomic E-state index is 4.53. The number of anilines is 1. The van der Waals surface area contributed by atoms with Gasteiger partial charge in [0.2, 0.25) is 0 Å². The van der Waals surface area contributed by atoms with Gasteiger partial charge in [0.25, 0.3) is 0 Å². The minimum atomic E-state index is 0.698. The van der Waals surface area contributed by atoms with Crippen LogP contribution in [0.5, 0.6) is 0 Å². The molecule has 2 nitrogen and oxygen atoms in total. The van der Waals surface area contributed by atoms with Gasteiger partial charge in [0.05, 0.1) is 0 Å². The summed E-state index contributed by atoms with van der Waals surface area (Å²) in [6.07, 6.45) is 10.1. The fraction of sp³-hybridized carbons (Fsp3) is 0.769. The van der Waals surface area contributed by atoms with Crippen LogP contribution in [0.2, 0.25) is 0 Å². The highest BCUT2D eigenvalue weighted by molar-refractivity contribution is 9.10. The average Bonchev–Trinajstić information content (AvgIpc) is 2.78. The van der Waals surface area contributed by atoms with Gasteiger partial charge in [-0.05, 0) is 47.0 Å². The average molecular weight is 315 g/mol. The maximum atomic E-state index is 4.53. The van der Waals surface area contributed by atoms with Crippen molar-refractivity contribution >= 4 is 32.4 Å². The number of piperidine rings is 1. The van der Waals surface area contributed by atoms with Crippen LogP contribution in [0, 0.1) is 5.41 Å². The van der Waals surface area contributed by atoms with Gasteiger partial charge in [-0.15, -0.1) is 11.3 Å². The fourth-order valence-corrected chi connectivity index (χ4v) is 4.67. The molecule has 0 N–H and O–H groups in total. The molecule has 1 spiro atoms. The molecular formula is C13H19BrN2S. The Balaban J connectivity index is 1.63. The Morgan fingerprint density at radius 1 is 1.12 bits per heavy atom. The van der Waals surface area contributed by atoms with Gasteiger partial charge in [-0.3, -0.25) is 0 Å². The monoisotopic (exact) mass is 314 g/mol. The van der Waals surface area contributed by atoms with Crippen molar-refractivity contribution in [2.24, 2.45) is 5.41 Å². The molecule has 2 fully saturated rings. The summed E-state index contributed by atoms with van der Waals surface area (Å²) in [5.41, 5.74) is 0.698. The smallest absolute Gasteiger partial charge is 0.186 e. The summed E-state index contributed by atoms with van der Waals surface area (Å²) >= 11 is 5.20. The summed E-state index contributed by atoms with van der Waals surface area (Å²) in [6.45, 7) is 2.42. The van der Waals surface area contributed by atoms with Gasteiger partial charge >= 0.3 is 0 Å². The van der Waals surface area contributed by atoms with E-state index in [9.17, 15) is 0 Å². The summed E-state index contributed by atoms with van der Waals surface area (Å²) in [6, 6.07) is 0. The van der Waals surface area contributed by atoms with Crippen molar-refractivity contribution in [1.29, 1.82) is 0 Å². The predicted molar refractivity (Wildman–Crippen MR) is 76.8 cm³/mol. The van der Waals surface area contributed by atoms with Gasteiger partial charge < -0.3 is 4.90 Å². The second-order valence-corrected chi connectivity index (χ2v) is 7.15. The van der Waals surface area contributed by atoms with Crippen molar-refractivity contribution in [3.63, 3.8) is 0 Å². The molecule has 1 aliphatic carbocycles. The second-order valence-electron chi connectivity index (χ2n) is 5.50. The molecule has 1 saturated heterocycles. The molecule has 2 heterocycles. The standard InChI is InChI=1S/C13H19BrN2S/c14-11-10-17-12(15-11)16-8-6-13(7-9-16)4-2-1-3-5-13/h10H,1-9H2. The van der Waals surface area contributed by atoms with Crippen LogP contribution >= 0.6 is 27.3 Å². The van der Waals surface area contributed by atoms with Gasteiger partial charge in [0.15, 0.2) is 5.13 Å². The van der Waals surface area contributed by atoms with Crippen molar-refractivity contribution in [3.05, 3.63) is 9.98 Å². The van der Waals surface area contributed by atoms with E-state index in [0.717, 1.165) is 4.60 Å². The molecule has 1 aromatic rings. The van der Waals surface area contributed by atoms with Crippen LogP contribution in [-0.2, 0) is 0 Å². The molecule has 1 saturated carbocycles. The van der Waals surface area contributed by atoms with E-state index < -0.39 is 0 Å². The highest BCUT2D eigenvalue weighted by atomic mass is 79.9. The Kier molecular flexibility index (Phi) is 3.44. The number of hydrogen-bond donors (Lipinski definition) is 0. The third-order valence-electron chi connectivity index (χ3n) is 4.47. The van der Waals surface area contributed by atoms with Crippen LogP contribution in [-0.4, -0.2) is 18.1 Å². The van der Waals surface area contributed by atoms with Gasteiger partial charge in [-0.2, -0.15) is 0 Å². The molecule has 0 unspecified atom stereocenters. The number of halogens is 1. The van der Waals surface area contributed by atoms with Crippen molar-refractivity contribution in [2.45, 2.75) is 44.9 Å². The normalized spacial score (nSPS) is 24.2. The Labute approximate surface area is 116 Å². The lowest BCUT2D eigenvalue weighted by molar-refractivity contribution is 0.144. The first-order valence-corrected chi connectivity index (χ1v) is 8.31. The van der Waals surface area contributed by atoms with Crippen LogP contribution in [0.15, 0.2) is 9.98 Å². The van der Waals surface area contributed by atoms with E-state index in [1.807, 2.05) is 0 Å². The summed E-state index contributed by atoms with van der Waals surface area (Å²) in [5.74, 6) is 0. The molecule has 94 valence electrons. The second kappa shape index (κ2) is 4.88. The third-order valence-corrected chi connectivity index (χ3v) is 6.08. The van der Waals surface area contributed by atoms with Crippen molar-refractivity contribution < 1.29 is 0 Å². The molecule has 17 heavy (non-hydrogen) atoms. The van der Waals surface area contributed by atoms with Gasteiger partial charge in [-0.1, -0.05) is 19.3 Å². The van der Waals surface area contributed by atoms with Crippen molar-refractivity contribution in [1.82, 2.24) is 4.98 Å². The van der Waals surface area contributed by atoms with Crippen LogP contribution in [0.25, 0.3) is 0 Å². The molecule has 0 bridgehead atoms. The van der Waals surface area contributed by atoms with E-state index in [0.29, 0.717) is 5.41 Å². The first kappa shape index (κ1) is 12.0. The van der Waals surface area contributed by atoms with E-state index in [4.69, 9.17) is 0 Å². The number of nitrogens with zero attached hydrogens (tertiary/aromatic N) is 2.